The van der Waals surface area contributed by atoms with E-state index < -0.39 is 12.1 Å². The second kappa shape index (κ2) is 11.2. The molecule has 7 nitrogen and oxygen atoms in total. The van der Waals surface area contributed by atoms with Crippen molar-refractivity contribution in [3.8, 4) is 11.1 Å². The summed E-state index contributed by atoms with van der Waals surface area (Å²) >= 11 is 0. The summed E-state index contributed by atoms with van der Waals surface area (Å²) in [6.45, 7) is 0.598. The van der Waals surface area contributed by atoms with Gasteiger partial charge in [-0.1, -0.05) is 61.4 Å². The summed E-state index contributed by atoms with van der Waals surface area (Å²) in [5, 5.41) is 14.8. The van der Waals surface area contributed by atoms with Crippen LogP contribution in [0.15, 0.2) is 48.5 Å². The van der Waals surface area contributed by atoms with Crippen LogP contribution in [-0.2, 0) is 14.3 Å². The van der Waals surface area contributed by atoms with Crippen LogP contribution in [0, 0.1) is 5.92 Å². The van der Waals surface area contributed by atoms with Crippen molar-refractivity contribution in [2.45, 2.75) is 56.9 Å². The predicted molar refractivity (Wildman–Crippen MR) is 128 cm³/mol. The number of hydrogen-bond donors (Lipinski definition) is 3. The van der Waals surface area contributed by atoms with Crippen LogP contribution in [0.25, 0.3) is 11.1 Å². The Morgan fingerprint density at radius 1 is 0.941 bits per heavy atom. The summed E-state index contributed by atoms with van der Waals surface area (Å²) in [4.78, 5) is 35.6. The minimum atomic E-state index is -0.821. The molecule has 0 saturated heterocycles. The number of nitrogens with one attached hydrogen (secondary N) is 2. The highest BCUT2D eigenvalue weighted by molar-refractivity contribution is 5.79. The van der Waals surface area contributed by atoms with Crippen molar-refractivity contribution in [3.63, 3.8) is 0 Å². The number of carboxylic acids is 1. The van der Waals surface area contributed by atoms with Crippen molar-refractivity contribution in [3.05, 3.63) is 59.7 Å². The first-order valence-electron chi connectivity index (χ1n) is 12.1. The molecular formula is C27H32N2O5. The van der Waals surface area contributed by atoms with Gasteiger partial charge in [-0.3, -0.25) is 9.59 Å². The molecular weight excluding hydrogens is 432 g/mol. The van der Waals surface area contributed by atoms with Gasteiger partial charge in [-0.2, -0.15) is 0 Å². The molecule has 0 heterocycles. The van der Waals surface area contributed by atoms with E-state index in [1.54, 1.807) is 0 Å². The van der Waals surface area contributed by atoms with Gasteiger partial charge in [-0.25, -0.2) is 4.79 Å². The van der Waals surface area contributed by atoms with Gasteiger partial charge in [0.05, 0.1) is 6.42 Å². The van der Waals surface area contributed by atoms with E-state index in [1.807, 2.05) is 24.3 Å². The average molecular weight is 465 g/mol. The van der Waals surface area contributed by atoms with E-state index in [1.165, 1.54) is 11.1 Å². The SMILES string of the molecule is O=C(O)CC1CCCCC1NC(=O)CCCNC(=O)OCC1c2ccccc2-c2ccccc21. The average Bonchev–Trinajstić information content (AvgIpc) is 3.15. The first-order chi connectivity index (χ1) is 16.5. The summed E-state index contributed by atoms with van der Waals surface area (Å²) < 4.78 is 5.51. The van der Waals surface area contributed by atoms with Crippen LogP contribution in [0.5, 0.6) is 0 Å². The lowest BCUT2D eigenvalue weighted by Crippen LogP contribution is -2.43. The quantitative estimate of drug-likeness (QED) is 0.476. The minimum absolute atomic E-state index is 0.00542. The van der Waals surface area contributed by atoms with Crippen molar-refractivity contribution in [2.24, 2.45) is 5.92 Å². The van der Waals surface area contributed by atoms with Gasteiger partial charge >= 0.3 is 12.1 Å². The Kier molecular flexibility index (Phi) is 7.83. The number of rotatable bonds is 9. The second-order valence-electron chi connectivity index (χ2n) is 9.17. The Balaban J connectivity index is 1.18. The van der Waals surface area contributed by atoms with Gasteiger partial charge in [-0.05, 0) is 47.4 Å². The number of fused-ring (bicyclic) bond motifs is 3. The highest BCUT2D eigenvalue weighted by atomic mass is 16.5. The van der Waals surface area contributed by atoms with Gasteiger partial charge in [0.1, 0.15) is 6.61 Å². The first-order valence-corrected chi connectivity index (χ1v) is 12.1. The molecule has 2 unspecified atom stereocenters. The van der Waals surface area contributed by atoms with Crippen LogP contribution in [0.2, 0.25) is 0 Å². The van der Waals surface area contributed by atoms with E-state index in [-0.39, 0.29) is 43.2 Å². The molecule has 0 aromatic heterocycles. The van der Waals surface area contributed by atoms with Crippen molar-refractivity contribution in [1.82, 2.24) is 10.6 Å². The van der Waals surface area contributed by atoms with Crippen molar-refractivity contribution in [1.29, 1.82) is 0 Å². The zero-order chi connectivity index (χ0) is 23.9. The molecule has 0 aliphatic heterocycles. The van der Waals surface area contributed by atoms with Gasteiger partial charge < -0.3 is 20.5 Å². The maximum Gasteiger partial charge on any atom is 0.407 e. The fourth-order valence-electron chi connectivity index (χ4n) is 5.23. The normalized spacial score (nSPS) is 19.1. The summed E-state index contributed by atoms with van der Waals surface area (Å²) in [6, 6.07) is 16.3. The van der Waals surface area contributed by atoms with E-state index in [0.29, 0.717) is 13.0 Å². The smallest absolute Gasteiger partial charge is 0.407 e. The largest absolute Gasteiger partial charge is 0.481 e. The van der Waals surface area contributed by atoms with E-state index in [9.17, 15) is 14.4 Å². The summed E-state index contributed by atoms with van der Waals surface area (Å²) in [5.74, 6) is -0.914. The maximum absolute atomic E-state index is 12.3. The van der Waals surface area contributed by atoms with Crippen LogP contribution in [0.1, 0.15) is 62.0 Å². The van der Waals surface area contributed by atoms with Crippen LogP contribution in [0.4, 0.5) is 4.79 Å². The number of carbonyl (C=O) groups is 3. The molecule has 1 fully saturated rings. The van der Waals surface area contributed by atoms with Gasteiger partial charge in [0.25, 0.3) is 0 Å². The number of alkyl carbamates (subject to hydrolysis) is 1. The van der Waals surface area contributed by atoms with Crippen LogP contribution < -0.4 is 10.6 Å². The van der Waals surface area contributed by atoms with E-state index in [2.05, 4.69) is 34.9 Å². The molecule has 180 valence electrons. The molecule has 2 atom stereocenters. The molecule has 0 radical (unpaired) electrons. The molecule has 0 bridgehead atoms. The topological polar surface area (TPSA) is 105 Å². The molecule has 2 aromatic carbocycles. The molecule has 1 saturated carbocycles. The molecule has 3 N–H and O–H groups in total. The van der Waals surface area contributed by atoms with Crippen molar-refractivity contribution < 1.29 is 24.2 Å². The molecule has 2 aliphatic rings. The third-order valence-corrected chi connectivity index (χ3v) is 6.89. The molecule has 2 amide bonds. The Morgan fingerprint density at radius 3 is 2.26 bits per heavy atom. The molecule has 0 spiro atoms. The number of hydrogen-bond acceptors (Lipinski definition) is 4. The van der Waals surface area contributed by atoms with Crippen molar-refractivity contribution in [2.75, 3.05) is 13.2 Å². The van der Waals surface area contributed by atoms with Crippen LogP contribution in [-0.4, -0.2) is 42.3 Å². The maximum atomic E-state index is 12.3. The highest BCUT2D eigenvalue weighted by Crippen LogP contribution is 2.44. The zero-order valence-electron chi connectivity index (χ0n) is 19.3. The molecule has 2 aliphatic carbocycles. The third-order valence-electron chi connectivity index (χ3n) is 6.89. The highest BCUT2D eigenvalue weighted by Gasteiger charge is 2.29. The summed E-state index contributed by atoms with van der Waals surface area (Å²) in [7, 11) is 0. The third kappa shape index (κ3) is 5.76. The van der Waals surface area contributed by atoms with Gasteiger partial charge in [-0.15, -0.1) is 0 Å². The Hall–Kier alpha value is -3.35. The fraction of sp³-hybridized carbons (Fsp3) is 0.444. The number of carbonyl (C=O) groups excluding carboxylic acids is 2. The zero-order valence-corrected chi connectivity index (χ0v) is 19.3. The van der Waals surface area contributed by atoms with Gasteiger partial charge in [0, 0.05) is 24.9 Å². The lowest BCUT2D eigenvalue weighted by molar-refractivity contribution is -0.139. The minimum Gasteiger partial charge on any atom is -0.481 e. The van der Waals surface area contributed by atoms with Crippen molar-refractivity contribution >= 4 is 18.0 Å². The number of amides is 2. The number of benzene rings is 2. The second-order valence-corrected chi connectivity index (χ2v) is 9.17. The number of aliphatic carboxylic acids is 1. The fourth-order valence-corrected chi connectivity index (χ4v) is 5.23. The predicted octanol–water partition coefficient (Wildman–Crippen LogP) is 4.46. The first kappa shape index (κ1) is 23.8. The monoisotopic (exact) mass is 464 g/mol. The Morgan fingerprint density at radius 2 is 1.59 bits per heavy atom. The molecule has 2 aromatic rings. The Labute approximate surface area is 199 Å². The van der Waals surface area contributed by atoms with Crippen LogP contribution >= 0.6 is 0 Å². The summed E-state index contributed by atoms with van der Waals surface area (Å²) in [6.07, 6.45) is 4.04. The van der Waals surface area contributed by atoms with E-state index >= 15 is 0 Å². The lowest BCUT2D eigenvalue weighted by Gasteiger charge is -2.31. The number of ether oxygens (including phenoxy) is 1. The lowest BCUT2D eigenvalue weighted by atomic mass is 9.82. The van der Waals surface area contributed by atoms with Gasteiger partial charge in [0.15, 0.2) is 0 Å². The number of carboxylic acid groups (broad SMARTS) is 1. The standard InChI is InChI=1S/C27H32N2O5/c30-25(29-24-13-6-1-8-18(24)16-26(31)32)14-7-15-28-27(33)34-17-23-21-11-4-2-9-19(21)20-10-3-5-12-22(20)23/h2-5,9-12,18,23-24H,1,6-8,13-17H2,(H,28,33)(H,29,30)(H,31,32). The van der Waals surface area contributed by atoms with E-state index in [4.69, 9.17) is 9.84 Å². The van der Waals surface area contributed by atoms with E-state index in [0.717, 1.165) is 36.8 Å². The molecule has 34 heavy (non-hydrogen) atoms. The van der Waals surface area contributed by atoms with Gasteiger partial charge in [0.2, 0.25) is 5.91 Å². The van der Waals surface area contributed by atoms with Crippen LogP contribution in [0.3, 0.4) is 0 Å². The molecule has 7 heteroatoms. The Bertz CT molecular complexity index is 992. The molecule has 4 rings (SSSR count). The summed E-state index contributed by atoms with van der Waals surface area (Å²) in [5.41, 5.74) is 4.69.